The summed E-state index contributed by atoms with van der Waals surface area (Å²) in [6.07, 6.45) is 0. The zero-order valence-corrected chi connectivity index (χ0v) is 32.9. The van der Waals surface area contributed by atoms with Gasteiger partial charge in [0, 0.05) is 27.8 Å². The fourth-order valence-electron chi connectivity index (χ4n) is 8.52. The van der Waals surface area contributed by atoms with E-state index in [2.05, 4.69) is 229 Å². The molecule has 282 valence electrons. The Labute approximate surface area is 349 Å². The molecule has 2 heteroatoms. The summed E-state index contributed by atoms with van der Waals surface area (Å²) in [5.74, 6) is 0. The van der Waals surface area contributed by atoms with Gasteiger partial charge in [0.1, 0.15) is 11.2 Å². The number of anilines is 3. The van der Waals surface area contributed by atoms with Crippen molar-refractivity contribution < 1.29 is 4.42 Å². The molecule has 0 saturated carbocycles. The summed E-state index contributed by atoms with van der Waals surface area (Å²) in [5.41, 5.74) is 16.9. The molecular formula is C58H39NO. The minimum Gasteiger partial charge on any atom is -0.456 e. The number of furan rings is 1. The molecule has 0 saturated heterocycles. The topological polar surface area (TPSA) is 16.4 Å². The van der Waals surface area contributed by atoms with Gasteiger partial charge in [0.05, 0.1) is 0 Å². The molecule has 0 amide bonds. The lowest BCUT2D eigenvalue weighted by atomic mass is 9.97. The Morgan fingerprint density at radius 2 is 0.633 bits per heavy atom. The highest BCUT2D eigenvalue weighted by Gasteiger charge is 2.15. The van der Waals surface area contributed by atoms with Gasteiger partial charge in [-0.15, -0.1) is 0 Å². The third kappa shape index (κ3) is 6.70. The van der Waals surface area contributed by atoms with E-state index in [4.69, 9.17) is 4.42 Å². The van der Waals surface area contributed by atoms with Gasteiger partial charge in [-0.05, 0) is 139 Å². The van der Waals surface area contributed by atoms with Gasteiger partial charge in [0.25, 0.3) is 0 Å². The molecule has 0 bridgehead atoms. The molecule has 2 nitrogen and oxygen atoms in total. The van der Waals surface area contributed by atoms with Crippen LogP contribution in [0.3, 0.4) is 0 Å². The largest absolute Gasteiger partial charge is 0.456 e. The lowest BCUT2D eigenvalue weighted by Crippen LogP contribution is -2.09. The van der Waals surface area contributed by atoms with Crippen molar-refractivity contribution in [1.29, 1.82) is 0 Å². The molecule has 60 heavy (non-hydrogen) atoms. The highest BCUT2D eigenvalue weighted by Crippen LogP contribution is 2.39. The maximum absolute atomic E-state index is 6.24. The Balaban J connectivity index is 0.938. The number of rotatable bonds is 8. The average molecular weight is 766 g/mol. The Hall–Kier alpha value is -7.94. The lowest BCUT2D eigenvalue weighted by Gasteiger charge is -2.26. The van der Waals surface area contributed by atoms with Gasteiger partial charge in [0.2, 0.25) is 0 Å². The molecule has 0 spiro atoms. The summed E-state index contributed by atoms with van der Waals surface area (Å²) >= 11 is 0. The van der Waals surface area contributed by atoms with Gasteiger partial charge in [-0.2, -0.15) is 0 Å². The van der Waals surface area contributed by atoms with E-state index in [9.17, 15) is 0 Å². The molecule has 0 fully saturated rings. The second kappa shape index (κ2) is 15.1. The SMILES string of the molecule is c1ccc(-c2cccc(-c3ccc(N(c4ccc(-c5cccc(-c6ccc7ccccc7c6)c5)cc4)c4ccc(-c5ccc6c(c5)oc5ccccc56)cc4)cc3)c2)cc1. The van der Waals surface area contributed by atoms with Crippen molar-refractivity contribution >= 4 is 49.8 Å². The van der Waals surface area contributed by atoms with Gasteiger partial charge in [-0.25, -0.2) is 0 Å². The van der Waals surface area contributed by atoms with Crippen molar-refractivity contribution in [2.24, 2.45) is 0 Å². The second-order valence-electron chi connectivity index (χ2n) is 15.4. The molecule has 0 aliphatic heterocycles. The Morgan fingerprint density at radius 3 is 1.23 bits per heavy atom. The smallest absolute Gasteiger partial charge is 0.136 e. The Bertz CT molecular complexity index is 3290. The van der Waals surface area contributed by atoms with Crippen LogP contribution >= 0.6 is 0 Å². The van der Waals surface area contributed by atoms with Crippen molar-refractivity contribution in [3.05, 3.63) is 237 Å². The highest BCUT2D eigenvalue weighted by atomic mass is 16.3. The number of nitrogens with zero attached hydrogens (tertiary/aromatic N) is 1. The normalized spacial score (nSPS) is 11.3. The van der Waals surface area contributed by atoms with Crippen LogP contribution in [0.2, 0.25) is 0 Å². The fourth-order valence-corrected chi connectivity index (χ4v) is 8.52. The van der Waals surface area contributed by atoms with Crippen molar-refractivity contribution in [2.75, 3.05) is 4.90 Å². The summed E-state index contributed by atoms with van der Waals surface area (Å²) in [6.45, 7) is 0. The first-order valence-electron chi connectivity index (χ1n) is 20.5. The van der Waals surface area contributed by atoms with E-state index in [1.807, 2.05) is 12.1 Å². The van der Waals surface area contributed by atoms with Gasteiger partial charge in [-0.1, -0.05) is 164 Å². The van der Waals surface area contributed by atoms with E-state index >= 15 is 0 Å². The summed E-state index contributed by atoms with van der Waals surface area (Å²) in [6, 6.07) is 84.9. The monoisotopic (exact) mass is 765 g/mol. The second-order valence-corrected chi connectivity index (χ2v) is 15.4. The number of hydrogen-bond acceptors (Lipinski definition) is 2. The molecule has 11 aromatic rings. The van der Waals surface area contributed by atoms with Crippen LogP contribution in [-0.4, -0.2) is 0 Å². The summed E-state index contributed by atoms with van der Waals surface area (Å²) in [5, 5.41) is 4.78. The maximum atomic E-state index is 6.24. The average Bonchev–Trinajstić information content (AvgIpc) is 3.71. The zero-order valence-electron chi connectivity index (χ0n) is 32.9. The molecular weight excluding hydrogens is 727 g/mol. The summed E-state index contributed by atoms with van der Waals surface area (Å²) in [7, 11) is 0. The molecule has 0 aliphatic rings. The van der Waals surface area contributed by atoms with Crippen LogP contribution in [0.4, 0.5) is 17.1 Å². The predicted molar refractivity (Wildman–Crippen MR) is 253 cm³/mol. The van der Waals surface area contributed by atoms with Gasteiger partial charge in [-0.3, -0.25) is 0 Å². The highest BCUT2D eigenvalue weighted by molar-refractivity contribution is 6.06. The van der Waals surface area contributed by atoms with Crippen LogP contribution in [0, 0.1) is 0 Å². The molecule has 0 radical (unpaired) electrons. The minimum absolute atomic E-state index is 0.900. The van der Waals surface area contributed by atoms with Crippen LogP contribution in [0.25, 0.3) is 88.3 Å². The van der Waals surface area contributed by atoms with Crippen molar-refractivity contribution in [3.8, 4) is 55.6 Å². The molecule has 1 aromatic heterocycles. The first-order valence-corrected chi connectivity index (χ1v) is 20.5. The van der Waals surface area contributed by atoms with Crippen LogP contribution in [0.1, 0.15) is 0 Å². The lowest BCUT2D eigenvalue weighted by molar-refractivity contribution is 0.669. The molecule has 10 aromatic carbocycles. The fraction of sp³-hybridized carbons (Fsp3) is 0. The van der Waals surface area contributed by atoms with Gasteiger partial charge >= 0.3 is 0 Å². The Kier molecular flexibility index (Phi) is 8.87. The summed E-state index contributed by atoms with van der Waals surface area (Å²) < 4.78 is 6.24. The van der Waals surface area contributed by atoms with Crippen LogP contribution in [-0.2, 0) is 0 Å². The maximum Gasteiger partial charge on any atom is 0.136 e. The number of benzene rings is 10. The first-order chi connectivity index (χ1) is 29.7. The van der Waals surface area contributed by atoms with E-state index in [1.54, 1.807) is 0 Å². The molecule has 1 heterocycles. The minimum atomic E-state index is 0.900. The standard InChI is InChI=1S/C58H39NO/c1-2-10-40(11-3-1)46-14-8-15-47(36-46)42-22-29-52(30-23-42)59(54-33-26-44(27-34-54)51-28-35-56-55-18-6-7-19-57(55)60-58(56)39-51)53-31-24-43(25-32-53)48-16-9-17-49(37-48)50-21-20-41-12-4-5-13-45(41)38-50/h1-39H. The molecule has 0 N–H and O–H groups in total. The van der Waals surface area contributed by atoms with E-state index in [0.717, 1.165) is 50.1 Å². The van der Waals surface area contributed by atoms with Crippen LogP contribution in [0.5, 0.6) is 0 Å². The van der Waals surface area contributed by atoms with Crippen LogP contribution in [0.15, 0.2) is 241 Å². The Morgan fingerprint density at radius 1 is 0.233 bits per heavy atom. The van der Waals surface area contributed by atoms with Gasteiger partial charge in [0.15, 0.2) is 0 Å². The number of hydrogen-bond donors (Lipinski definition) is 0. The number of fused-ring (bicyclic) bond motifs is 4. The van der Waals surface area contributed by atoms with Crippen molar-refractivity contribution in [2.45, 2.75) is 0 Å². The summed E-state index contributed by atoms with van der Waals surface area (Å²) in [4.78, 5) is 2.34. The van der Waals surface area contributed by atoms with E-state index in [0.29, 0.717) is 0 Å². The third-order valence-electron chi connectivity index (χ3n) is 11.7. The first kappa shape index (κ1) is 35.2. The van der Waals surface area contributed by atoms with E-state index in [-0.39, 0.29) is 0 Å². The van der Waals surface area contributed by atoms with E-state index < -0.39 is 0 Å². The molecule has 0 atom stereocenters. The molecule has 0 aliphatic carbocycles. The molecule has 11 rings (SSSR count). The van der Waals surface area contributed by atoms with Crippen molar-refractivity contribution in [3.63, 3.8) is 0 Å². The number of para-hydroxylation sites is 1. The molecule has 0 unspecified atom stereocenters. The predicted octanol–water partition coefficient (Wildman–Crippen LogP) is 16.5. The zero-order chi connectivity index (χ0) is 39.8. The van der Waals surface area contributed by atoms with Crippen molar-refractivity contribution in [1.82, 2.24) is 0 Å². The third-order valence-corrected chi connectivity index (χ3v) is 11.7. The quantitative estimate of drug-likeness (QED) is 0.153. The van der Waals surface area contributed by atoms with Crippen LogP contribution < -0.4 is 4.90 Å². The van der Waals surface area contributed by atoms with E-state index in [1.165, 1.54) is 55.3 Å². The van der Waals surface area contributed by atoms with Gasteiger partial charge < -0.3 is 9.32 Å².